The zero-order chi connectivity index (χ0) is 13.4. The molecular formula is C11H14Cl2FNO3. The molecule has 0 fully saturated rings. The number of hydrogen-bond donors (Lipinski definition) is 0. The minimum absolute atomic E-state index is 0.00646. The predicted octanol–water partition coefficient (Wildman–Crippen LogP) is 2.96. The SMILES string of the molecule is CCOCCOCCOc1nc(F)c(Cl)cc1Cl. The highest BCUT2D eigenvalue weighted by molar-refractivity contribution is 6.35. The van der Waals surface area contributed by atoms with Gasteiger partial charge in [-0.05, 0) is 13.0 Å². The minimum atomic E-state index is -0.812. The number of hydrogen-bond acceptors (Lipinski definition) is 4. The molecule has 0 bridgehead atoms. The summed E-state index contributed by atoms with van der Waals surface area (Å²) in [5, 5.41) is 0.0241. The number of ether oxygens (including phenoxy) is 3. The smallest absolute Gasteiger partial charge is 0.235 e. The first kappa shape index (κ1) is 15.4. The lowest BCUT2D eigenvalue weighted by Gasteiger charge is -2.08. The molecule has 1 heterocycles. The van der Waals surface area contributed by atoms with Crippen LogP contribution >= 0.6 is 23.2 Å². The van der Waals surface area contributed by atoms with Crippen molar-refractivity contribution in [3.05, 3.63) is 22.1 Å². The highest BCUT2D eigenvalue weighted by atomic mass is 35.5. The van der Waals surface area contributed by atoms with E-state index in [4.69, 9.17) is 37.4 Å². The van der Waals surface area contributed by atoms with E-state index in [1.54, 1.807) is 0 Å². The van der Waals surface area contributed by atoms with Crippen molar-refractivity contribution in [3.8, 4) is 5.88 Å². The Kier molecular flexibility index (Phi) is 7.27. The Hall–Kier alpha value is -0.620. The molecule has 0 spiro atoms. The average molecular weight is 298 g/mol. The summed E-state index contributed by atoms with van der Waals surface area (Å²) < 4.78 is 28.5. The van der Waals surface area contributed by atoms with Gasteiger partial charge >= 0.3 is 0 Å². The maximum Gasteiger partial charge on any atom is 0.235 e. The monoisotopic (exact) mass is 297 g/mol. The topological polar surface area (TPSA) is 40.6 Å². The molecule has 0 N–H and O–H groups in total. The van der Waals surface area contributed by atoms with Gasteiger partial charge in [0.15, 0.2) is 0 Å². The fourth-order valence-electron chi connectivity index (χ4n) is 1.09. The van der Waals surface area contributed by atoms with Gasteiger partial charge in [0.05, 0.1) is 24.8 Å². The number of pyridine rings is 1. The molecule has 0 amide bonds. The first-order valence-electron chi connectivity index (χ1n) is 5.45. The fraction of sp³-hybridized carbons (Fsp3) is 0.545. The van der Waals surface area contributed by atoms with Crippen molar-refractivity contribution in [2.45, 2.75) is 6.92 Å². The second-order valence-corrected chi connectivity index (χ2v) is 4.02. The molecule has 0 aromatic carbocycles. The van der Waals surface area contributed by atoms with Crippen LogP contribution in [0.25, 0.3) is 0 Å². The van der Waals surface area contributed by atoms with E-state index >= 15 is 0 Å². The number of aromatic nitrogens is 1. The highest BCUT2D eigenvalue weighted by Gasteiger charge is 2.09. The molecule has 0 aliphatic rings. The molecule has 102 valence electrons. The average Bonchev–Trinajstić information content (AvgIpc) is 2.34. The molecule has 0 saturated heterocycles. The van der Waals surface area contributed by atoms with Gasteiger partial charge in [-0.25, -0.2) is 0 Å². The van der Waals surface area contributed by atoms with E-state index < -0.39 is 5.95 Å². The van der Waals surface area contributed by atoms with Gasteiger partial charge in [0, 0.05) is 6.61 Å². The summed E-state index contributed by atoms with van der Waals surface area (Å²) >= 11 is 11.3. The third-order valence-corrected chi connectivity index (χ3v) is 2.43. The lowest BCUT2D eigenvalue weighted by Crippen LogP contribution is -2.11. The van der Waals surface area contributed by atoms with Gasteiger partial charge < -0.3 is 14.2 Å². The van der Waals surface area contributed by atoms with Crippen LogP contribution in [0.1, 0.15) is 6.92 Å². The van der Waals surface area contributed by atoms with Gasteiger partial charge in [-0.1, -0.05) is 23.2 Å². The molecule has 4 nitrogen and oxygen atoms in total. The van der Waals surface area contributed by atoms with Gasteiger partial charge in [-0.3, -0.25) is 0 Å². The molecule has 0 aliphatic carbocycles. The van der Waals surface area contributed by atoms with Gasteiger partial charge in [0.25, 0.3) is 0 Å². The Labute approximate surface area is 115 Å². The van der Waals surface area contributed by atoms with E-state index in [1.165, 1.54) is 6.07 Å². The lowest BCUT2D eigenvalue weighted by atomic mass is 10.5. The van der Waals surface area contributed by atoms with Crippen molar-refractivity contribution in [2.24, 2.45) is 0 Å². The van der Waals surface area contributed by atoms with Crippen LogP contribution in [0, 0.1) is 5.95 Å². The van der Waals surface area contributed by atoms with E-state index in [1.807, 2.05) is 6.92 Å². The summed E-state index contributed by atoms with van der Waals surface area (Å²) in [7, 11) is 0. The van der Waals surface area contributed by atoms with Crippen molar-refractivity contribution in [2.75, 3.05) is 33.0 Å². The standard InChI is InChI=1S/C11H14Cl2FNO3/c1-2-16-3-4-17-5-6-18-11-9(13)7-8(12)10(14)15-11/h7H,2-6H2,1H3. The maximum absolute atomic E-state index is 13.0. The van der Waals surface area contributed by atoms with E-state index in [0.717, 1.165) is 0 Å². The number of halogens is 3. The Morgan fingerprint density at radius 2 is 1.78 bits per heavy atom. The van der Waals surface area contributed by atoms with Crippen molar-refractivity contribution < 1.29 is 18.6 Å². The first-order valence-corrected chi connectivity index (χ1v) is 6.20. The summed E-state index contributed by atoms with van der Waals surface area (Å²) in [5.41, 5.74) is 0. The van der Waals surface area contributed by atoms with E-state index in [2.05, 4.69) is 4.98 Å². The molecule has 0 saturated carbocycles. The Morgan fingerprint density at radius 1 is 1.11 bits per heavy atom. The van der Waals surface area contributed by atoms with Crippen LogP contribution in [0.3, 0.4) is 0 Å². The molecule has 0 unspecified atom stereocenters. The zero-order valence-corrected chi connectivity index (χ0v) is 11.4. The van der Waals surface area contributed by atoms with Crippen LogP contribution in [-0.2, 0) is 9.47 Å². The third-order valence-electron chi connectivity index (χ3n) is 1.90. The molecule has 0 radical (unpaired) electrons. The highest BCUT2D eigenvalue weighted by Crippen LogP contribution is 2.26. The zero-order valence-electron chi connectivity index (χ0n) is 9.92. The van der Waals surface area contributed by atoms with Crippen molar-refractivity contribution in [1.29, 1.82) is 0 Å². The molecular weight excluding hydrogens is 284 g/mol. The molecule has 1 aromatic heterocycles. The molecule has 18 heavy (non-hydrogen) atoms. The molecule has 0 atom stereocenters. The second kappa shape index (κ2) is 8.48. The molecule has 1 rings (SSSR count). The molecule has 7 heteroatoms. The summed E-state index contributed by atoms with van der Waals surface area (Å²) in [5.74, 6) is -0.805. The summed E-state index contributed by atoms with van der Waals surface area (Å²) in [6.45, 7) is 4.14. The summed E-state index contributed by atoms with van der Waals surface area (Å²) in [6, 6.07) is 1.25. The van der Waals surface area contributed by atoms with Gasteiger partial charge in [-0.15, -0.1) is 0 Å². The maximum atomic E-state index is 13.0. The van der Waals surface area contributed by atoms with Crippen LogP contribution in [-0.4, -0.2) is 38.0 Å². The van der Waals surface area contributed by atoms with Gasteiger partial charge in [-0.2, -0.15) is 9.37 Å². The fourth-order valence-corrected chi connectivity index (χ4v) is 1.50. The van der Waals surface area contributed by atoms with Crippen molar-refractivity contribution >= 4 is 23.2 Å². The van der Waals surface area contributed by atoms with E-state index in [0.29, 0.717) is 26.4 Å². The Bertz CT molecular complexity index is 380. The van der Waals surface area contributed by atoms with Gasteiger partial charge in [0.2, 0.25) is 11.8 Å². The molecule has 1 aromatic rings. The first-order chi connectivity index (χ1) is 8.65. The largest absolute Gasteiger partial charge is 0.474 e. The van der Waals surface area contributed by atoms with E-state index in [9.17, 15) is 4.39 Å². The van der Waals surface area contributed by atoms with Gasteiger partial charge in [0.1, 0.15) is 11.6 Å². The van der Waals surface area contributed by atoms with Crippen molar-refractivity contribution in [1.82, 2.24) is 4.98 Å². The molecule has 0 aliphatic heterocycles. The van der Waals surface area contributed by atoms with Crippen molar-refractivity contribution in [3.63, 3.8) is 0 Å². The Morgan fingerprint density at radius 3 is 2.50 bits per heavy atom. The van der Waals surface area contributed by atoms with Crippen LogP contribution in [0.15, 0.2) is 6.07 Å². The van der Waals surface area contributed by atoms with Crippen LogP contribution in [0.4, 0.5) is 4.39 Å². The summed E-state index contributed by atoms with van der Waals surface area (Å²) in [6.07, 6.45) is 0. The summed E-state index contributed by atoms with van der Waals surface area (Å²) in [4.78, 5) is 3.49. The number of rotatable bonds is 8. The number of nitrogens with zero attached hydrogens (tertiary/aromatic N) is 1. The lowest BCUT2D eigenvalue weighted by molar-refractivity contribution is 0.0398. The van der Waals surface area contributed by atoms with Crippen LogP contribution in [0.2, 0.25) is 10.0 Å². The van der Waals surface area contributed by atoms with Crippen LogP contribution in [0.5, 0.6) is 5.88 Å². The predicted molar refractivity (Wildman–Crippen MR) is 67.0 cm³/mol. The quantitative estimate of drug-likeness (QED) is 0.546. The van der Waals surface area contributed by atoms with Crippen LogP contribution < -0.4 is 4.74 Å². The second-order valence-electron chi connectivity index (χ2n) is 3.21. The van der Waals surface area contributed by atoms with E-state index in [-0.39, 0.29) is 22.5 Å². The normalized spacial score (nSPS) is 10.7. The third kappa shape index (κ3) is 5.35. The minimum Gasteiger partial charge on any atom is -0.474 e. The Balaban J connectivity index is 2.25.